The molecule has 0 bridgehead atoms. The van der Waals surface area contributed by atoms with E-state index in [1.54, 1.807) is 6.92 Å². The highest BCUT2D eigenvalue weighted by atomic mass is 19.4. The lowest BCUT2D eigenvalue weighted by atomic mass is 9.88. The van der Waals surface area contributed by atoms with Crippen LogP contribution in [0.25, 0.3) is 0 Å². The fraction of sp³-hybridized carbons (Fsp3) is 0.875. The molecular formula is C16H24F6N2O4. The number of amides is 2. The average molecular weight is 422 g/mol. The molecule has 1 saturated heterocycles. The Balaban J connectivity index is 2.69. The molecule has 1 aliphatic heterocycles. The molecule has 2 amide bonds. The summed E-state index contributed by atoms with van der Waals surface area (Å²) in [4.78, 5) is 26.0. The van der Waals surface area contributed by atoms with E-state index in [0.717, 1.165) is 4.90 Å². The highest BCUT2D eigenvalue weighted by Crippen LogP contribution is 2.36. The molecule has 1 rings (SSSR count). The number of halogens is 6. The van der Waals surface area contributed by atoms with Crippen LogP contribution in [0, 0.1) is 5.92 Å². The second-order valence-corrected chi connectivity index (χ2v) is 7.36. The topological polar surface area (TPSA) is 59.1 Å². The van der Waals surface area contributed by atoms with E-state index in [2.05, 4.69) is 4.74 Å². The quantitative estimate of drug-likeness (QED) is 0.638. The molecular weight excluding hydrogens is 398 g/mol. The third kappa shape index (κ3) is 6.33. The largest absolute Gasteiger partial charge is 0.449 e. The summed E-state index contributed by atoms with van der Waals surface area (Å²) >= 11 is 0. The van der Waals surface area contributed by atoms with E-state index in [-0.39, 0.29) is 38.5 Å². The number of ether oxygens (including phenoxy) is 2. The number of carbonyl (C=O) groups is 2. The molecule has 0 atom stereocenters. The molecule has 6 nitrogen and oxygen atoms in total. The summed E-state index contributed by atoms with van der Waals surface area (Å²) < 4.78 is 83.9. The van der Waals surface area contributed by atoms with Gasteiger partial charge in [0.2, 0.25) is 0 Å². The minimum Gasteiger partial charge on any atom is -0.449 e. The van der Waals surface area contributed by atoms with Gasteiger partial charge in [0.05, 0.1) is 6.61 Å². The number of nitrogens with zero attached hydrogens (tertiary/aromatic N) is 2. The summed E-state index contributed by atoms with van der Waals surface area (Å²) in [5, 5.41) is 0. The molecule has 164 valence electrons. The van der Waals surface area contributed by atoms with Crippen molar-refractivity contribution < 1.29 is 45.4 Å². The van der Waals surface area contributed by atoms with Crippen molar-refractivity contribution in [2.75, 3.05) is 26.7 Å². The monoisotopic (exact) mass is 422 g/mol. The fourth-order valence-electron chi connectivity index (χ4n) is 2.56. The molecule has 1 aliphatic rings. The zero-order chi connectivity index (χ0) is 21.9. The average Bonchev–Trinajstić information content (AvgIpc) is 2.55. The Morgan fingerprint density at radius 2 is 1.54 bits per heavy atom. The Hall–Kier alpha value is -1.88. The number of carbonyl (C=O) groups excluding carboxylic acids is 2. The summed E-state index contributed by atoms with van der Waals surface area (Å²) in [6.45, 7) is 5.27. The molecule has 0 radical (unpaired) electrons. The Bertz CT molecular complexity index is 542. The summed E-state index contributed by atoms with van der Waals surface area (Å²) in [6.07, 6.45) is -17.7. The zero-order valence-electron chi connectivity index (χ0n) is 16.0. The van der Waals surface area contributed by atoms with Crippen LogP contribution in [0.4, 0.5) is 35.9 Å². The number of hydrogen-bond acceptors (Lipinski definition) is 4. The van der Waals surface area contributed by atoms with Crippen molar-refractivity contribution in [1.29, 1.82) is 0 Å². The van der Waals surface area contributed by atoms with Gasteiger partial charge >= 0.3 is 24.5 Å². The summed E-state index contributed by atoms with van der Waals surface area (Å²) in [7, 11) is 1.49. The van der Waals surface area contributed by atoms with Crippen molar-refractivity contribution in [2.45, 2.75) is 57.6 Å². The van der Waals surface area contributed by atoms with Gasteiger partial charge in [-0.25, -0.2) is 9.59 Å². The SMILES string of the molecule is CC(C)COC(=O)N(C)C1(C)CCN(C(=O)OC(C(F)(F)F)C(F)(F)F)CC1. The number of rotatable bonds is 4. The van der Waals surface area contributed by atoms with Gasteiger partial charge in [-0.1, -0.05) is 13.8 Å². The van der Waals surface area contributed by atoms with Crippen molar-refractivity contribution in [3.63, 3.8) is 0 Å². The van der Waals surface area contributed by atoms with Crippen LogP contribution in [-0.4, -0.2) is 72.7 Å². The fourth-order valence-corrected chi connectivity index (χ4v) is 2.56. The normalized spacial score (nSPS) is 17.6. The summed E-state index contributed by atoms with van der Waals surface area (Å²) in [5.41, 5.74) is -0.766. The van der Waals surface area contributed by atoms with Gasteiger partial charge in [0, 0.05) is 25.7 Å². The van der Waals surface area contributed by atoms with Gasteiger partial charge in [0.25, 0.3) is 6.10 Å². The highest BCUT2D eigenvalue weighted by Gasteiger charge is 2.60. The first kappa shape index (κ1) is 24.2. The molecule has 0 unspecified atom stereocenters. The summed E-state index contributed by atoms with van der Waals surface area (Å²) in [6, 6.07) is 0. The molecule has 0 aromatic carbocycles. The second kappa shape index (κ2) is 8.64. The zero-order valence-corrected chi connectivity index (χ0v) is 16.0. The molecule has 0 spiro atoms. The maximum atomic E-state index is 12.5. The van der Waals surface area contributed by atoms with Crippen molar-refractivity contribution in [3.8, 4) is 0 Å². The van der Waals surface area contributed by atoms with Crippen LogP contribution in [0.2, 0.25) is 0 Å². The van der Waals surface area contributed by atoms with E-state index in [4.69, 9.17) is 4.74 Å². The van der Waals surface area contributed by atoms with Crippen molar-refractivity contribution in [3.05, 3.63) is 0 Å². The van der Waals surface area contributed by atoms with E-state index in [1.807, 2.05) is 13.8 Å². The van der Waals surface area contributed by atoms with Gasteiger partial charge < -0.3 is 19.3 Å². The van der Waals surface area contributed by atoms with Gasteiger partial charge in [-0.15, -0.1) is 0 Å². The third-order valence-electron chi connectivity index (χ3n) is 4.54. The third-order valence-corrected chi connectivity index (χ3v) is 4.54. The highest BCUT2D eigenvalue weighted by molar-refractivity contribution is 5.69. The number of hydrogen-bond donors (Lipinski definition) is 0. The Kier molecular flexibility index (Phi) is 7.46. The van der Waals surface area contributed by atoms with Gasteiger partial charge in [0.15, 0.2) is 0 Å². The molecule has 28 heavy (non-hydrogen) atoms. The van der Waals surface area contributed by atoms with E-state index >= 15 is 0 Å². The second-order valence-electron chi connectivity index (χ2n) is 7.36. The lowest BCUT2D eigenvalue weighted by molar-refractivity contribution is -0.308. The molecule has 0 N–H and O–H groups in total. The number of piperidine rings is 1. The lowest BCUT2D eigenvalue weighted by Gasteiger charge is -2.44. The molecule has 0 saturated carbocycles. The van der Waals surface area contributed by atoms with Crippen LogP contribution in [0.3, 0.4) is 0 Å². The first-order valence-corrected chi connectivity index (χ1v) is 8.57. The lowest BCUT2D eigenvalue weighted by Crippen LogP contribution is -2.56. The minimum absolute atomic E-state index is 0.122. The van der Waals surface area contributed by atoms with Crippen LogP contribution in [0.1, 0.15) is 33.6 Å². The predicted molar refractivity (Wildman–Crippen MR) is 85.5 cm³/mol. The van der Waals surface area contributed by atoms with Crippen LogP contribution >= 0.6 is 0 Å². The number of likely N-dealkylation sites (tertiary alicyclic amines) is 1. The van der Waals surface area contributed by atoms with Crippen LogP contribution in [0.5, 0.6) is 0 Å². The van der Waals surface area contributed by atoms with Gasteiger partial charge in [-0.2, -0.15) is 26.3 Å². The maximum Gasteiger partial charge on any atom is 0.434 e. The number of alkyl halides is 6. The molecule has 0 aromatic heterocycles. The van der Waals surface area contributed by atoms with Gasteiger partial charge in [-0.3, -0.25) is 0 Å². The smallest absolute Gasteiger partial charge is 0.434 e. The van der Waals surface area contributed by atoms with Crippen molar-refractivity contribution in [1.82, 2.24) is 9.80 Å². The molecule has 0 aliphatic carbocycles. The van der Waals surface area contributed by atoms with E-state index in [1.165, 1.54) is 11.9 Å². The standard InChI is InChI=1S/C16H24F6N2O4/c1-10(2)9-27-12(25)23(4)14(3)5-7-24(8-6-14)13(26)28-11(15(17,18)19)16(20,21)22/h10-11H,5-9H2,1-4H3. The molecule has 0 aromatic rings. The first-order chi connectivity index (χ1) is 12.6. The van der Waals surface area contributed by atoms with Crippen molar-refractivity contribution in [2.24, 2.45) is 5.92 Å². The van der Waals surface area contributed by atoms with E-state index < -0.39 is 36.2 Å². The van der Waals surface area contributed by atoms with Gasteiger partial charge in [-0.05, 0) is 25.7 Å². The van der Waals surface area contributed by atoms with E-state index in [0.29, 0.717) is 0 Å². The van der Waals surface area contributed by atoms with E-state index in [9.17, 15) is 35.9 Å². The van der Waals surface area contributed by atoms with Crippen molar-refractivity contribution >= 4 is 12.2 Å². The Morgan fingerprint density at radius 1 is 1.07 bits per heavy atom. The van der Waals surface area contributed by atoms with Gasteiger partial charge in [0.1, 0.15) is 0 Å². The molecule has 12 heteroatoms. The molecule has 1 fully saturated rings. The van der Waals surface area contributed by atoms with Crippen LogP contribution in [0.15, 0.2) is 0 Å². The minimum atomic E-state index is -5.77. The Morgan fingerprint density at radius 3 is 1.93 bits per heavy atom. The predicted octanol–water partition coefficient (Wildman–Crippen LogP) is 4.20. The maximum absolute atomic E-state index is 12.5. The van der Waals surface area contributed by atoms with Crippen LogP contribution < -0.4 is 0 Å². The van der Waals surface area contributed by atoms with Crippen LogP contribution in [-0.2, 0) is 9.47 Å². The first-order valence-electron chi connectivity index (χ1n) is 8.57. The molecule has 1 heterocycles. The Labute approximate surface area is 158 Å². The summed E-state index contributed by atoms with van der Waals surface area (Å²) in [5.74, 6) is 0.122.